The molecule has 128 valence electrons. The highest BCUT2D eigenvalue weighted by Crippen LogP contribution is 2.31. The molecule has 4 heteroatoms. The van der Waals surface area contributed by atoms with Crippen molar-refractivity contribution in [1.82, 2.24) is 0 Å². The van der Waals surface area contributed by atoms with Crippen LogP contribution >= 0.6 is 11.6 Å². The van der Waals surface area contributed by atoms with Crippen molar-refractivity contribution in [3.05, 3.63) is 90.0 Å². The predicted molar refractivity (Wildman–Crippen MR) is 102 cm³/mol. The molecule has 0 N–H and O–H groups in total. The lowest BCUT2D eigenvalue weighted by Gasteiger charge is -2.07. The Balaban J connectivity index is 0.000000399. The highest BCUT2D eigenvalue weighted by molar-refractivity contribution is 7.97. The topological polar surface area (TPSA) is 40.1 Å². The Hall–Kier alpha value is -2.23. The largest absolute Gasteiger partial charge is 0.550 e. The van der Waals surface area contributed by atoms with Crippen LogP contribution in [-0.2, 0) is 15.7 Å². The van der Waals surface area contributed by atoms with Crippen molar-refractivity contribution in [2.24, 2.45) is 0 Å². The molecule has 25 heavy (non-hydrogen) atoms. The predicted octanol–water partition coefficient (Wildman–Crippen LogP) is 4.58. The molecule has 0 aromatic heterocycles. The minimum absolute atomic E-state index is 0.0815. The molecular weight excluding hydrogens is 352 g/mol. The van der Waals surface area contributed by atoms with Crippen LogP contribution in [0.5, 0.6) is 0 Å². The van der Waals surface area contributed by atoms with E-state index in [1.807, 2.05) is 12.1 Å². The Morgan fingerprint density at radius 3 is 1.52 bits per heavy atom. The summed E-state index contributed by atoms with van der Waals surface area (Å²) in [6, 6.07) is 29.4. The van der Waals surface area contributed by atoms with Crippen molar-refractivity contribution in [1.29, 1.82) is 0 Å². The quantitative estimate of drug-likeness (QED) is 0.630. The summed E-state index contributed by atoms with van der Waals surface area (Å²) >= 11 is 6.01. The van der Waals surface area contributed by atoms with Gasteiger partial charge in [0.25, 0.3) is 0 Å². The van der Waals surface area contributed by atoms with Crippen molar-refractivity contribution in [3.8, 4) is 0 Å². The van der Waals surface area contributed by atoms with Gasteiger partial charge in [-0.15, -0.1) is 0 Å². The molecule has 3 aromatic rings. The molecule has 0 atom stereocenters. The summed E-state index contributed by atoms with van der Waals surface area (Å²) in [5.41, 5.74) is 0. The van der Waals surface area contributed by atoms with E-state index in [1.165, 1.54) is 21.6 Å². The minimum Gasteiger partial charge on any atom is -0.550 e. The maximum atomic E-state index is 9.26. The highest BCUT2D eigenvalue weighted by Gasteiger charge is 2.27. The average molecular weight is 371 g/mol. The van der Waals surface area contributed by atoms with Gasteiger partial charge in [0.05, 0.1) is 10.9 Å². The third kappa shape index (κ3) is 5.96. The van der Waals surface area contributed by atoms with Crippen LogP contribution in [0.25, 0.3) is 0 Å². The summed E-state index contributed by atoms with van der Waals surface area (Å²) < 4.78 is 0. The molecule has 0 fully saturated rings. The molecule has 0 aliphatic heterocycles. The lowest BCUT2D eigenvalue weighted by Crippen LogP contribution is -2.19. The van der Waals surface area contributed by atoms with Gasteiger partial charge in [0.1, 0.15) is 0 Å². The molecular formula is C21H19ClO2S. The first-order valence-corrected chi connectivity index (χ1v) is 9.52. The van der Waals surface area contributed by atoms with E-state index >= 15 is 0 Å². The number of hydrogen-bond donors (Lipinski definition) is 0. The molecule has 0 radical (unpaired) electrons. The van der Waals surface area contributed by atoms with Crippen molar-refractivity contribution in [2.75, 3.05) is 0 Å². The van der Waals surface area contributed by atoms with Gasteiger partial charge in [-0.3, -0.25) is 0 Å². The first kappa shape index (κ1) is 19.1. The van der Waals surface area contributed by atoms with Crippen molar-refractivity contribution >= 4 is 28.5 Å². The average Bonchev–Trinajstić information content (AvgIpc) is 2.66. The van der Waals surface area contributed by atoms with E-state index in [-0.39, 0.29) is 17.3 Å². The third-order valence-electron chi connectivity index (χ3n) is 3.30. The van der Waals surface area contributed by atoms with Crippen LogP contribution in [0.1, 0.15) is 13.3 Å². The zero-order chi connectivity index (χ0) is 18.1. The standard InChI is InChI=1S/C18H14ClS.C3H6O2/c19-15-11-13-18(14-12-15)20(16-7-3-1-4-8-16)17-9-5-2-6-10-17;1-2-3(4)5/h1-14H;2H2,1H3,(H,4,5)/q+1;/p-1. The van der Waals surface area contributed by atoms with E-state index in [2.05, 4.69) is 72.8 Å². The van der Waals surface area contributed by atoms with E-state index in [9.17, 15) is 9.90 Å². The summed E-state index contributed by atoms with van der Waals surface area (Å²) in [7, 11) is -0.0815. The molecule has 3 aromatic carbocycles. The molecule has 0 saturated heterocycles. The van der Waals surface area contributed by atoms with E-state index < -0.39 is 5.97 Å². The maximum absolute atomic E-state index is 9.26. The second-order valence-corrected chi connectivity index (χ2v) is 7.57. The van der Waals surface area contributed by atoms with Gasteiger partial charge in [-0.1, -0.05) is 54.9 Å². The van der Waals surface area contributed by atoms with Crippen LogP contribution in [0, 0.1) is 0 Å². The number of rotatable bonds is 4. The number of carbonyl (C=O) groups excluding carboxylic acids is 1. The smallest absolute Gasteiger partial charge is 0.166 e. The molecule has 2 nitrogen and oxygen atoms in total. The van der Waals surface area contributed by atoms with Gasteiger partial charge in [0.2, 0.25) is 0 Å². The first-order chi connectivity index (χ1) is 12.1. The number of aliphatic carboxylic acids is 1. The second-order valence-electron chi connectivity index (χ2n) is 5.11. The monoisotopic (exact) mass is 370 g/mol. The number of benzene rings is 3. The molecule has 0 spiro atoms. The molecule has 0 amide bonds. The van der Waals surface area contributed by atoms with Gasteiger partial charge in [-0.2, -0.15) is 0 Å². The molecule has 0 heterocycles. The van der Waals surface area contributed by atoms with Crippen molar-refractivity contribution in [2.45, 2.75) is 28.0 Å². The molecule has 0 bridgehead atoms. The molecule has 0 aliphatic rings. The summed E-state index contributed by atoms with van der Waals surface area (Å²) in [5.74, 6) is -0.995. The van der Waals surface area contributed by atoms with Gasteiger partial charge in [-0.25, -0.2) is 0 Å². The summed E-state index contributed by atoms with van der Waals surface area (Å²) in [5, 5.41) is 10.0. The van der Waals surface area contributed by atoms with Crippen LogP contribution in [0.15, 0.2) is 99.6 Å². The highest BCUT2D eigenvalue weighted by atomic mass is 35.5. The fraction of sp³-hybridized carbons (Fsp3) is 0.0952. The maximum Gasteiger partial charge on any atom is 0.166 e. The zero-order valence-corrected chi connectivity index (χ0v) is 15.5. The van der Waals surface area contributed by atoms with Crippen LogP contribution in [0.4, 0.5) is 0 Å². The third-order valence-corrected chi connectivity index (χ3v) is 5.78. The normalized spacial score (nSPS) is 10.0. The van der Waals surface area contributed by atoms with Gasteiger partial charge >= 0.3 is 0 Å². The molecule has 3 rings (SSSR count). The lowest BCUT2D eigenvalue weighted by molar-refractivity contribution is -0.305. The summed E-state index contributed by atoms with van der Waals surface area (Å²) in [4.78, 5) is 13.2. The zero-order valence-electron chi connectivity index (χ0n) is 13.9. The van der Waals surface area contributed by atoms with Crippen LogP contribution < -0.4 is 5.11 Å². The minimum atomic E-state index is -0.995. The van der Waals surface area contributed by atoms with Gasteiger partial charge < -0.3 is 9.90 Å². The van der Waals surface area contributed by atoms with E-state index in [1.54, 1.807) is 0 Å². The van der Waals surface area contributed by atoms with E-state index in [0.29, 0.717) is 0 Å². The number of halogens is 1. The Morgan fingerprint density at radius 2 is 1.16 bits per heavy atom. The van der Waals surface area contributed by atoms with Crippen molar-refractivity contribution < 1.29 is 9.90 Å². The fourth-order valence-electron chi connectivity index (χ4n) is 2.09. The first-order valence-electron chi connectivity index (χ1n) is 7.91. The summed E-state index contributed by atoms with van der Waals surface area (Å²) in [6.07, 6.45) is 0.111. The Bertz CT molecular complexity index is 735. The SMILES string of the molecule is CCC(=O)[O-].Clc1ccc([S+](c2ccccc2)c2ccccc2)cc1. The molecule has 0 unspecified atom stereocenters. The van der Waals surface area contributed by atoms with Crippen molar-refractivity contribution in [3.63, 3.8) is 0 Å². The fourth-order valence-corrected chi connectivity index (χ4v) is 4.30. The van der Waals surface area contributed by atoms with Gasteiger partial charge in [-0.05, 0) is 55.0 Å². The van der Waals surface area contributed by atoms with E-state index in [0.717, 1.165) is 5.02 Å². The Labute approximate surface area is 156 Å². The number of carboxylic acids is 1. The van der Waals surface area contributed by atoms with Crippen LogP contribution in [0.3, 0.4) is 0 Å². The van der Waals surface area contributed by atoms with E-state index in [4.69, 9.17) is 11.6 Å². The summed E-state index contributed by atoms with van der Waals surface area (Å²) in [6.45, 7) is 1.54. The lowest BCUT2D eigenvalue weighted by atomic mass is 10.4. The van der Waals surface area contributed by atoms with Crippen LogP contribution in [0.2, 0.25) is 5.02 Å². The Kier molecular flexibility index (Phi) is 7.58. The van der Waals surface area contributed by atoms with Gasteiger partial charge in [0, 0.05) is 11.0 Å². The molecule has 0 aliphatic carbocycles. The number of carboxylic acid groups (broad SMARTS) is 1. The van der Waals surface area contributed by atoms with Crippen LogP contribution in [-0.4, -0.2) is 5.97 Å². The Morgan fingerprint density at radius 1 is 0.800 bits per heavy atom. The van der Waals surface area contributed by atoms with Gasteiger partial charge in [0.15, 0.2) is 14.7 Å². The second kappa shape index (κ2) is 9.92. The molecule has 0 saturated carbocycles. The number of carbonyl (C=O) groups is 1. The number of hydrogen-bond acceptors (Lipinski definition) is 2.